The second-order valence-corrected chi connectivity index (χ2v) is 4.70. The quantitative estimate of drug-likeness (QED) is 0.780. The minimum atomic E-state index is -0.478. The number of esters is 1. The van der Waals surface area contributed by atoms with E-state index < -0.39 is 11.6 Å². The van der Waals surface area contributed by atoms with Gasteiger partial charge in [0.2, 0.25) is 0 Å². The van der Waals surface area contributed by atoms with Gasteiger partial charge in [-0.15, -0.1) is 0 Å². The topological polar surface area (TPSA) is 56.1 Å². The number of ether oxygens (including phenoxy) is 1. The van der Waals surface area contributed by atoms with Crippen LogP contribution in [0.3, 0.4) is 0 Å². The van der Waals surface area contributed by atoms with E-state index in [2.05, 4.69) is 10.4 Å². The first-order valence-electron chi connectivity index (χ1n) is 5.22. The molecule has 0 saturated heterocycles. The predicted octanol–water partition coefficient (Wildman–Crippen LogP) is 1.02. The fraction of sp³-hybridized carbons (Fsp3) is 0.636. The predicted molar refractivity (Wildman–Crippen MR) is 60.9 cm³/mol. The Morgan fingerprint density at radius 2 is 2.19 bits per heavy atom. The Balaban J connectivity index is 2.79. The molecule has 0 fully saturated rings. The zero-order valence-electron chi connectivity index (χ0n) is 10.4. The first kappa shape index (κ1) is 12.7. The summed E-state index contributed by atoms with van der Waals surface area (Å²) in [7, 11) is 3.53. The van der Waals surface area contributed by atoms with Crippen molar-refractivity contribution in [2.24, 2.45) is 7.05 Å². The van der Waals surface area contributed by atoms with Crippen LogP contribution in [0.2, 0.25) is 0 Å². The van der Waals surface area contributed by atoms with Gasteiger partial charge in [0.15, 0.2) is 0 Å². The molecule has 0 aliphatic rings. The van der Waals surface area contributed by atoms with Gasteiger partial charge in [-0.2, -0.15) is 5.10 Å². The van der Waals surface area contributed by atoms with E-state index in [-0.39, 0.29) is 5.97 Å². The number of rotatable bonds is 3. The third kappa shape index (κ3) is 3.34. The number of carbonyl (C=O) groups is 1. The summed E-state index contributed by atoms with van der Waals surface area (Å²) in [6.07, 6.45) is 3.45. The lowest BCUT2D eigenvalue weighted by atomic mass is 10.1. The van der Waals surface area contributed by atoms with E-state index in [0.29, 0.717) is 0 Å². The second-order valence-electron chi connectivity index (χ2n) is 4.70. The first-order valence-corrected chi connectivity index (χ1v) is 5.22. The first-order chi connectivity index (χ1) is 7.33. The summed E-state index contributed by atoms with van der Waals surface area (Å²) in [4.78, 5) is 11.9. The largest absolute Gasteiger partial charge is 0.459 e. The number of hydrogen-bond acceptors (Lipinski definition) is 4. The van der Waals surface area contributed by atoms with Gasteiger partial charge in [-0.25, -0.2) is 4.79 Å². The van der Waals surface area contributed by atoms with Crippen molar-refractivity contribution in [3.63, 3.8) is 0 Å². The lowest BCUT2D eigenvalue weighted by Gasteiger charge is -2.23. The van der Waals surface area contributed by atoms with Gasteiger partial charge in [0.1, 0.15) is 11.6 Å². The number of aromatic nitrogens is 2. The maximum atomic E-state index is 11.9. The van der Waals surface area contributed by atoms with E-state index in [1.807, 2.05) is 27.8 Å². The molecule has 0 aliphatic carbocycles. The van der Waals surface area contributed by atoms with Crippen LogP contribution in [-0.2, 0) is 16.6 Å². The van der Waals surface area contributed by atoms with Crippen molar-refractivity contribution in [1.29, 1.82) is 0 Å². The van der Waals surface area contributed by atoms with Gasteiger partial charge in [0.05, 0.1) is 6.20 Å². The van der Waals surface area contributed by atoms with Crippen LogP contribution in [0.4, 0.5) is 0 Å². The number of hydrogen-bond donors (Lipinski definition) is 1. The molecule has 16 heavy (non-hydrogen) atoms. The Labute approximate surface area is 95.8 Å². The fourth-order valence-corrected chi connectivity index (χ4v) is 1.37. The number of carbonyl (C=O) groups excluding carboxylic acids is 1. The van der Waals surface area contributed by atoms with E-state index in [9.17, 15) is 4.79 Å². The molecular weight excluding hydrogens is 206 g/mol. The summed E-state index contributed by atoms with van der Waals surface area (Å²) in [5.41, 5.74) is 0.327. The van der Waals surface area contributed by atoms with Gasteiger partial charge < -0.3 is 10.1 Å². The van der Waals surface area contributed by atoms with Crippen molar-refractivity contribution in [3.8, 4) is 0 Å². The fourth-order valence-electron chi connectivity index (χ4n) is 1.37. The van der Waals surface area contributed by atoms with Gasteiger partial charge in [0.25, 0.3) is 0 Å². The molecule has 1 unspecified atom stereocenters. The molecule has 1 aromatic rings. The molecular formula is C11H19N3O2. The molecule has 1 N–H and O–H groups in total. The van der Waals surface area contributed by atoms with Crippen molar-refractivity contribution < 1.29 is 9.53 Å². The van der Waals surface area contributed by atoms with Crippen LogP contribution in [0.15, 0.2) is 12.4 Å². The molecule has 5 heteroatoms. The molecule has 0 aliphatic heterocycles. The number of likely N-dealkylation sites (N-methyl/N-ethyl adjacent to an activating group) is 1. The lowest BCUT2D eigenvalue weighted by molar-refractivity contribution is -0.157. The van der Waals surface area contributed by atoms with E-state index in [4.69, 9.17) is 4.74 Å². The SMILES string of the molecule is CNC(C(=O)OC(C)(C)C)c1cnn(C)c1. The van der Waals surface area contributed by atoms with Crippen molar-refractivity contribution in [2.45, 2.75) is 32.4 Å². The van der Waals surface area contributed by atoms with Gasteiger partial charge in [-0.1, -0.05) is 0 Å². The van der Waals surface area contributed by atoms with Crippen LogP contribution in [0.5, 0.6) is 0 Å². The highest BCUT2D eigenvalue weighted by Crippen LogP contribution is 2.17. The molecule has 1 atom stereocenters. The van der Waals surface area contributed by atoms with Crippen molar-refractivity contribution >= 4 is 5.97 Å². The highest BCUT2D eigenvalue weighted by Gasteiger charge is 2.26. The minimum absolute atomic E-state index is 0.289. The van der Waals surface area contributed by atoms with E-state index in [1.54, 1.807) is 24.1 Å². The number of nitrogens with one attached hydrogen (secondary N) is 1. The van der Waals surface area contributed by atoms with Crippen molar-refractivity contribution in [3.05, 3.63) is 18.0 Å². The van der Waals surface area contributed by atoms with Crippen LogP contribution in [-0.4, -0.2) is 28.4 Å². The summed E-state index contributed by atoms with van der Waals surface area (Å²) in [5.74, 6) is -0.289. The second kappa shape index (κ2) is 4.65. The lowest BCUT2D eigenvalue weighted by Crippen LogP contribution is -2.33. The molecule has 1 rings (SSSR count). The van der Waals surface area contributed by atoms with Crippen LogP contribution < -0.4 is 5.32 Å². The zero-order chi connectivity index (χ0) is 12.3. The van der Waals surface area contributed by atoms with Crippen LogP contribution in [0, 0.1) is 0 Å². The number of nitrogens with zero attached hydrogens (tertiary/aromatic N) is 2. The number of aryl methyl sites for hydroxylation is 1. The summed E-state index contributed by atoms with van der Waals surface area (Å²) in [5, 5.41) is 6.96. The molecule has 0 spiro atoms. The summed E-state index contributed by atoms with van der Waals surface area (Å²) in [6.45, 7) is 5.54. The average Bonchev–Trinajstić information content (AvgIpc) is 2.49. The Morgan fingerprint density at radius 3 is 2.56 bits per heavy atom. The van der Waals surface area contributed by atoms with Gasteiger partial charge >= 0.3 is 5.97 Å². The van der Waals surface area contributed by atoms with Crippen molar-refractivity contribution in [2.75, 3.05) is 7.05 Å². The van der Waals surface area contributed by atoms with E-state index >= 15 is 0 Å². The van der Waals surface area contributed by atoms with Crippen LogP contribution >= 0.6 is 0 Å². The molecule has 0 amide bonds. The average molecular weight is 225 g/mol. The normalized spacial score (nSPS) is 13.6. The molecule has 0 radical (unpaired) electrons. The third-order valence-electron chi connectivity index (χ3n) is 1.99. The van der Waals surface area contributed by atoms with Gasteiger partial charge in [-0.3, -0.25) is 4.68 Å². The molecule has 0 saturated carbocycles. The molecule has 1 aromatic heterocycles. The Hall–Kier alpha value is -1.36. The third-order valence-corrected chi connectivity index (χ3v) is 1.99. The minimum Gasteiger partial charge on any atom is -0.459 e. The maximum Gasteiger partial charge on any atom is 0.328 e. The standard InChI is InChI=1S/C11H19N3O2/c1-11(2,3)16-10(15)9(12-4)8-6-13-14(5)7-8/h6-7,9,12H,1-5H3. The van der Waals surface area contributed by atoms with Gasteiger partial charge in [0, 0.05) is 18.8 Å². The van der Waals surface area contributed by atoms with Gasteiger partial charge in [-0.05, 0) is 27.8 Å². The monoisotopic (exact) mass is 225 g/mol. The molecule has 0 bridgehead atoms. The molecule has 1 heterocycles. The zero-order valence-corrected chi connectivity index (χ0v) is 10.4. The van der Waals surface area contributed by atoms with E-state index in [0.717, 1.165) is 5.56 Å². The summed E-state index contributed by atoms with van der Waals surface area (Å²) < 4.78 is 6.97. The smallest absolute Gasteiger partial charge is 0.328 e. The summed E-state index contributed by atoms with van der Waals surface area (Å²) in [6, 6.07) is -0.465. The summed E-state index contributed by atoms with van der Waals surface area (Å²) >= 11 is 0. The Bertz CT molecular complexity index is 366. The van der Waals surface area contributed by atoms with E-state index in [1.165, 1.54) is 0 Å². The molecule has 5 nitrogen and oxygen atoms in total. The Morgan fingerprint density at radius 1 is 1.56 bits per heavy atom. The molecule has 90 valence electrons. The molecule has 0 aromatic carbocycles. The Kier molecular flexibility index (Phi) is 3.70. The van der Waals surface area contributed by atoms with Crippen LogP contribution in [0.1, 0.15) is 32.4 Å². The highest BCUT2D eigenvalue weighted by atomic mass is 16.6. The van der Waals surface area contributed by atoms with Crippen LogP contribution in [0.25, 0.3) is 0 Å². The highest BCUT2D eigenvalue weighted by molar-refractivity contribution is 5.77. The van der Waals surface area contributed by atoms with Crippen molar-refractivity contribution in [1.82, 2.24) is 15.1 Å². The maximum absolute atomic E-state index is 11.9.